The summed E-state index contributed by atoms with van der Waals surface area (Å²) < 4.78 is 5.74. The third kappa shape index (κ3) is 8.27. The van der Waals surface area contributed by atoms with E-state index in [0.29, 0.717) is 30.5 Å². The molecular weight excluding hydrogens is 330 g/mol. The maximum atomic E-state index is 12.6. The first-order valence-corrected chi connectivity index (χ1v) is 9.29. The molecule has 0 aliphatic heterocycles. The Morgan fingerprint density at radius 1 is 1.08 bits per heavy atom. The molecule has 2 unspecified atom stereocenters. The van der Waals surface area contributed by atoms with Crippen LogP contribution in [0, 0.1) is 11.8 Å². The van der Waals surface area contributed by atoms with Crippen LogP contribution in [-0.4, -0.2) is 67.0 Å². The lowest BCUT2D eigenvalue weighted by atomic mass is 10.2. The summed E-state index contributed by atoms with van der Waals surface area (Å²) in [6.45, 7) is 10.2. The number of aliphatic hydroxyl groups is 1. The van der Waals surface area contributed by atoms with Crippen LogP contribution in [0.25, 0.3) is 0 Å². The van der Waals surface area contributed by atoms with E-state index in [-0.39, 0.29) is 0 Å². The molecule has 0 fully saturated rings. The van der Waals surface area contributed by atoms with Gasteiger partial charge in [0.2, 0.25) is 0 Å². The Hall–Kier alpha value is -1.47. The lowest BCUT2D eigenvalue weighted by Gasteiger charge is -2.36. The Morgan fingerprint density at radius 2 is 1.69 bits per heavy atom. The van der Waals surface area contributed by atoms with Gasteiger partial charge in [-0.1, -0.05) is 45.9 Å². The van der Waals surface area contributed by atoms with Gasteiger partial charge >= 0.3 is 5.97 Å². The van der Waals surface area contributed by atoms with Gasteiger partial charge in [-0.05, 0) is 38.1 Å². The Balaban J connectivity index is 3.00. The number of carbonyl (C=O) groups excluding carboxylic acids is 1. The minimum atomic E-state index is -0.837. The fourth-order valence-electron chi connectivity index (χ4n) is 2.52. The Kier molecular flexibility index (Phi) is 9.80. The lowest BCUT2D eigenvalue weighted by molar-refractivity contribution is -0.123. The first-order chi connectivity index (χ1) is 12.2. The Morgan fingerprint density at radius 3 is 2.19 bits per heavy atom. The highest BCUT2D eigenvalue weighted by atomic mass is 16.6. The van der Waals surface area contributed by atoms with Crippen molar-refractivity contribution in [3.8, 4) is 0 Å². The minimum Gasteiger partial charge on any atom is -0.439 e. The maximum Gasteiger partial charge on any atom is 0.339 e. The van der Waals surface area contributed by atoms with Crippen molar-refractivity contribution in [2.24, 2.45) is 11.8 Å². The molecule has 2 atom stereocenters. The molecular formula is C20H35N3O3. The zero-order valence-electron chi connectivity index (χ0n) is 17.0. The average Bonchev–Trinajstić information content (AvgIpc) is 2.56. The molecule has 0 saturated heterocycles. The quantitative estimate of drug-likeness (QED) is 0.356. The predicted molar refractivity (Wildman–Crippen MR) is 105 cm³/mol. The van der Waals surface area contributed by atoms with E-state index in [2.05, 4.69) is 33.1 Å². The van der Waals surface area contributed by atoms with Crippen LogP contribution in [0.5, 0.6) is 0 Å². The van der Waals surface area contributed by atoms with Crippen molar-refractivity contribution in [2.45, 2.75) is 40.0 Å². The van der Waals surface area contributed by atoms with Crippen molar-refractivity contribution in [1.29, 1.82) is 0 Å². The fourth-order valence-corrected chi connectivity index (χ4v) is 2.52. The number of hydrogen-bond donors (Lipinski definition) is 2. The number of benzene rings is 1. The van der Waals surface area contributed by atoms with Crippen LogP contribution in [0.4, 0.5) is 0 Å². The summed E-state index contributed by atoms with van der Waals surface area (Å²) in [5.41, 5.74) is 3.81. The Bertz CT molecular complexity index is 520. The first-order valence-electron chi connectivity index (χ1n) is 9.29. The van der Waals surface area contributed by atoms with Gasteiger partial charge in [-0.2, -0.15) is 0 Å². The third-order valence-corrected chi connectivity index (χ3v) is 3.69. The van der Waals surface area contributed by atoms with Crippen molar-refractivity contribution in [3.05, 3.63) is 35.9 Å². The van der Waals surface area contributed by atoms with E-state index in [1.54, 1.807) is 24.3 Å². The molecule has 0 radical (unpaired) electrons. The normalized spacial score (nSPS) is 14.3. The average molecular weight is 366 g/mol. The molecule has 1 rings (SSSR count). The second-order valence-corrected chi connectivity index (χ2v) is 7.79. The number of likely N-dealkylation sites (N-methyl/N-ethyl adjacent to an activating group) is 1. The molecule has 0 aliphatic rings. The van der Waals surface area contributed by atoms with Crippen LogP contribution in [0.1, 0.15) is 38.1 Å². The van der Waals surface area contributed by atoms with Gasteiger partial charge in [-0.25, -0.2) is 9.80 Å². The van der Waals surface area contributed by atoms with E-state index in [4.69, 9.17) is 4.74 Å². The molecule has 1 aromatic carbocycles. The van der Waals surface area contributed by atoms with Crippen molar-refractivity contribution >= 4 is 5.97 Å². The summed E-state index contributed by atoms with van der Waals surface area (Å²) in [6, 6.07) is 8.87. The molecule has 0 saturated carbocycles. The van der Waals surface area contributed by atoms with Crippen molar-refractivity contribution < 1.29 is 14.6 Å². The van der Waals surface area contributed by atoms with Gasteiger partial charge in [0.25, 0.3) is 0 Å². The van der Waals surface area contributed by atoms with E-state index in [1.807, 2.05) is 30.1 Å². The number of hydrazine groups is 1. The Labute approximate surface area is 158 Å². The molecule has 0 aliphatic carbocycles. The van der Waals surface area contributed by atoms with Gasteiger partial charge in [0.15, 0.2) is 6.23 Å². The second kappa shape index (κ2) is 11.3. The summed E-state index contributed by atoms with van der Waals surface area (Å²) in [5, 5.41) is 12.6. The summed E-state index contributed by atoms with van der Waals surface area (Å²) in [5.74, 6) is 0.341. The highest BCUT2D eigenvalue weighted by Gasteiger charge is 2.31. The van der Waals surface area contributed by atoms with E-state index in [1.165, 1.54) is 0 Å². The first kappa shape index (κ1) is 22.6. The van der Waals surface area contributed by atoms with Crippen LogP contribution in [-0.2, 0) is 4.74 Å². The monoisotopic (exact) mass is 365 g/mol. The van der Waals surface area contributed by atoms with Crippen LogP contribution in [0.15, 0.2) is 30.3 Å². The SMILES string of the molecule is CC(C)CNN(CC(C)C)C(OC(=O)c1ccccc1)C(O)CN(C)C. The van der Waals surface area contributed by atoms with E-state index in [0.717, 1.165) is 6.54 Å². The van der Waals surface area contributed by atoms with E-state index < -0.39 is 18.3 Å². The van der Waals surface area contributed by atoms with Gasteiger partial charge in [-0.3, -0.25) is 5.43 Å². The largest absolute Gasteiger partial charge is 0.439 e. The predicted octanol–water partition coefficient (Wildman–Crippen LogP) is 2.21. The number of esters is 1. The minimum absolute atomic E-state index is 0.346. The topological polar surface area (TPSA) is 65.0 Å². The molecule has 0 spiro atoms. The summed E-state index contributed by atoms with van der Waals surface area (Å²) in [4.78, 5) is 14.5. The van der Waals surface area contributed by atoms with Crippen LogP contribution < -0.4 is 5.43 Å². The molecule has 0 heterocycles. The number of aliphatic hydroxyl groups excluding tert-OH is 1. The molecule has 1 aromatic rings. The molecule has 0 bridgehead atoms. The van der Waals surface area contributed by atoms with Crippen LogP contribution in [0.2, 0.25) is 0 Å². The number of ether oxygens (including phenoxy) is 1. The molecule has 0 aromatic heterocycles. The summed E-state index contributed by atoms with van der Waals surface area (Å²) in [7, 11) is 3.77. The van der Waals surface area contributed by atoms with Gasteiger partial charge in [0, 0.05) is 19.6 Å². The van der Waals surface area contributed by atoms with Gasteiger partial charge in [-0.15, -0.1) is 0 Å². The van der Waals surface area contributed by atoms with Gasteiger partial charge in [0.1, 0.15) is 6.10 Å². The number of hydrogen-bond acceptors (Lipinski definition) is 6. The highest BCUT2D eigenvalue weighted by molar-refractivity contribution is 5.89. The smallest absolute Gasteiger partial charge is 0.339 e. The number of nitrogens with zero attached hydrogens (tertiary/aromatic N) is 2. The van der Waals surface area contributed by atoms with Gasteiger partial charge < -0.3 is 14.7 Å². The maximum absolute atomic E-state index is 12.6. The van der Waals surface area contributed by atoms with Crippen molar-refractivity contribution in [2.75, 3.05) is 33.7 Å². The lowest BCUT2D eigenvalue weighted by Crippen LogP contribution is -2.57. The number of carbonyl (C=O) groups is 1. The highest BCUT2D eigenvalue weighted by Crippen LogP contribution is 2.13. The summed E-state index contributed by atoms with van der Waals surface area (Å²) in [6.07, 6.45) is -1.61. The van der Waals surface area contributed by atoms with Crippen LogP contribution in [0.3, 0.4) is 0 Å². The fraction of sp³-hybridized carbons (Fsp3) is 0.650. The molecule has 26 heavy (non-hydrogen) atoms. The standard InChI is InChI=1S/C20H35N3O3/c1-15(2)12-21-23(13-16(3)4)19(18(24)14-22(5)6)26-20(25)17-10-8-7-9-11-17/h7-11,15-16,18-19,21,24H,12-14H2,1-6H3. The van der Waals surface area contributed by atoms with E-state index >= 15 is 0 Å². The molecule has 2 N–H and O–H groups in total. The van der Waals surface area contributed by atoms with Crippen molar-refractivity contribution in [1.82, 2.24) is 15.3 Å². The summed E-state index contributed by atoms with van der Waals surface area (Å²) >= 11 is 0. The molecule has 6 nitrogen and oxygen atoms in total. The molecule has 0 amide bonds. The second-order valence-electron chi connectivity index (χ2n) is 7.79. The molecule has 6 heteroatoms. The van der Waals surface area contributed by atoms with Crippen molar-refractivity contribution in [3.63, 3.8) is 0 Å². The van der Waals surface area contributed by atoms with Crippen LogP contribution >= 0.6 is 0 Å². The number of rotatable bonds is 11. The zero-order valence-corrected chi connectivity index (χ0v) is 17.0. The molecule has 148 valence electrons. The number of nitrogens with one attached hydrogen (secondary N) is 1. The third-order valence-electron chi connectivity index (χ3n) is 3.69. The zero-order chi connectivity index (χ0) is 19.7. The van der Waals surface area contributed by atoms with Gasteiger partial charge in [0.05, 0.1) is 5.56 Å². The van der Waals surface area contributed by atoms with E-state index in [9.17, 15) is 9.90 Å².